The fraction of sp³-hybridized carbons (Fsp3) is 0.333. The van der Waals surface area contributed by atoms with E-state index < -0.39 is 5.82 Å². The molecule has 1 aromatic heterocycles. The number of rotatable bonds is 5. The first-order chi connectivity index (χ1) is 9.88. The molecule has 21 heavy (non-hydrogen) atoms. The van der Waals surface area contributed by atoms with E-state index in [0.717, 1.165) is 16.6 Å². The van der Waals surface area contributed by atoms with E-state index in [2.05, 4.69) is 4.98 Å². The molecule has 0 bridgehead atoms. The van der Waals surface area contributed by atoms with Gasteiger partial charge in [0.25, 0.3) is 0 Å². The molecule has 0 amide bonds. The molecule has 1 N–H and O–H groups in total. The average molecular weight is 308 g/mol. The Morgan fingerprint density at radius 2 is 2.14 bits per heavy atom. The largest absolute Gasteiger partial charge is 0.507 e. The van der Waals surface area contributed by atoms with Crippen LogP contribution < -0.4 is 0 Å². The molecule has 112 valence electrons. The summed E-state index contributed by atoms with van der Waals surface area (Å²) in [6, 6.07) is 2.33. The lowest BCUT2D eigenvalue weighted by Gasteiger charge is -2.18. The van der Waals surface area contributed by atoms with Gasteiger partial charge in [0.05, 0.1) is 16.8 Å². The van der Waals surface area contributed by atoms with Crippen molar-refractivity contribution in [1.29, 1.82) is 0 Å². The highest BCUT2D eigenvalue weighted by Crippen LogP contribution is 2.26. The van der Waals surface area contributed by atoms with Crippen molar-refractivity contribution < 1.29 is 14.3 Å². The van der Waals surface area contributed by atoms with Crippen LogP contribution in [0.4, 0.5) is 4.39 Å². The zero-order valence-electron chi connectivity index (χ0n) is 12.2. The lowest BCUT2D eigenvalue weighted by molar-refractivity contribution is 0.101. The maximum atomic E-state index is 13.6. The molecule has 0 aliphatic heterocycles. The molecule has 2 rings (SSSR count). The van der Waals surface area contributed by atoms with Crippen LogP contribution in [0.2, 0.25) is 0 Å². The van der Waals surface area contributed by atoms with E-state index in [-0.39, 0.29) is 17.1 Å². The fourth-order valence-electron chi connectivity index (χ4n) is 2.11. The Balaban J connectivity index is 2.19. The Morgan fingerprint density at radius 3 is 2.71 bits per heavy atom. The van der Waals surface area contributed by atoms with Gasteiger partial charge in [-0.3, -0.25) is 9.69 Å². The minimum absolute atomic E-state index is 0.0207. The van der Waals surface area contributed by atoms with E-state index in [1.165, 1.54) is 13.0 Å². The maximum Gasteiger partial charge on any atom is 0.163 e. The minimum atomic E-state index is -0.518. The molecule has 0 aliphatic carbocycles. The van der Waals surface area contributed by atoms with Crippen LogP contribution in [0.15, 0.2) is 17.6 Å². The number of ketones is 1. The van der Waals surface area contributed by atoms with Crippen LogP contribution in [0.3, 0.4) is 0 Å². The molecule has 2 aromatic rings. The van der Waals surface area contributed by atoms with E-state index >= 15 is 0 Å². The second-order valence-corrected chi connectivity index (χ2v) is 5.99. The Labute approximate surface area is 126 Å². The summed E-state index contributed by atoms with van der Waals surface area (Å²) in [5, 5.41) is 10.1. The van der Waals surface area contributed by atoms with Crippen LogP contribution in [0.1, 0.15) is 33.4 Å². The monoisotopic (exact) mass is 308 g/mol. The number of aryl methyl sites for hydroxylation is 1. The summed E-state index contributed by atoms with van der Waals surface area (Å²) in [6.45, 7) is 4.25. The SMILES string of the molecule is CC(=O)c1cc(F)cc(CN(C)Cc2scnc2C)c1O. The Morgan fingerprint density at radius 1 is 1.43 bits per heavy atom. The molecule has 0 radical (unpaired) electrons. The van der Waals surface area contributed by atoms with Gasteiger partial charge in [0.1, 0.15) is 11.6 Å². The number of benzene rings is 1. The number of aromatic nitrogens is 1. The van der Waals surface area contributed by atoms with Gasteiger partial charge in [0.2, 0.25) is 0 Å². The number of aromatic hydroxyl groups is 1. The summed E-state index contributed by atoms with van der Waals surface area (Å²) in [4.78, 5) is 18.7. The summed E-state index contributed by atoms with van der Waals surface area (Å²) in [7, 11) is 1.87. The number of hydrogen-bond acceptors (Lipinski definition) is 5. The molecule has 4 nitrogen and oxygen atoms in total. The number of carbonyl (C=O) groups is 1. The molecule has 0 saturated heterocycles. The van der Waals surface area contributed by atoms with Crippen LogP contribution in [0, 0.1) is 12.7 Å². The van der Waals surface area contributed by atoms with E-state index in [4.69, 9.17) is 0 Å². The predicted molar refractivity (Wildman–Crippen MR) is 80.1 cm³/mol. The van der Waals surface area contributed by atoms with E-state index in [9.17, 15) is 14.3 Å². The van der Waals surface area contributed by atoms with Crippen molar-refractivity contribution in [3.63, 3.8) is 0 Å². The predicted octanol–water partition coefficient (Wildman–Crippen LogP) is 3.13. The topological polar surface area (TPSA) is 53.4 Å². The van der Waals surface area contributed by atoms with Crippen LogP contribution in [0.25, 0.3) is 0 Å². The van der Waals surface area contributed by atoms with Gasteiger partial charge in [0.15, 0.2) is 5.78 Å². The number of carbonyl (C=O) groups excluding carboxylic acids is 1. The van der Waals surface area contributed by atoms with Crippen LogP contribution in [0.5, 0.6) is 5.75 Å². The standard InChI is InChI=1S/C15H17FN2O2S/c1-9-14(21-8-17-9)7-18(3)6-11-4-12(16)5-13(10(2)19)15(11)20/h4-5,8,20H,6-7H2,1-3H3. The molecule has 1 heterocycles. The summed E-state index contributed by atoms with van der Waals surface area (Å²) in [5.41, 5.74) is 3.18. The van der Waals surface area contributed by atoms with Crippen molar-refractivity contribution in [2.24, 2.45) is 0 Å². The van der Waals surface area contributed by atoms with Crippen LogP contribution in [-0.2, 0) is 13.1 Å². The fourth-order valence-corrected chi connectivity index (χ4v) is 2.97. The lowest BCUT2D eigenvalue weighted by atomic mass is 10.0. The average Bonchev–Trinajstić information content (AvgIpc) is 2.78. The van der Waals surface area contributed by atoms with Gasteiger partial charge < -0.3 is 5.11 Å². The first kappa shape index (κ1) is 15.6. The second-order valence-electron chi connectivity index (χ2n) is 5.05. The molecular weight excluding hydrogens is 291 g/mol. The van der Waals surface area contributed by atoms with Crippen molar-refractivity contribution in [1.82, 2.24) is 9.88 Å². The molecule has 6 heteroatoms. The molecule has 0 spiro atoms. The van der Waals surface area contributed by atoms with Gasteiger partial charge in [-0.25, -0.2) is 9.37 Å². The lowest BCUT2D eigenvalue weighted by Crippen LogP contribution is -2.17. The smallest absolute Gasteiger partial charge is 0.163 e. The van der Waals surface area contributed by atoms with E-state index in [1.54, 1.807) is 16.8 Å². The number of phenols is 1. The first-order valence-corrected chi connectivity index (χ1v) is 7.36. The highest BCUT2D eigenvalue weighted by Gasteiger charge is 2.15. The Kier molecular flexibility index (Phi) is 4.69. The summed E-state index contributed by atoms with van der Waals surface area (Å²) < 4.78 is 13.6. The molecule has 0 unspecified atom stereocenters. The van der Waals surface area contributed by atoms with Crippen molar-refractivity contribution in [3.05, 3.63) is 45.2 Å². The molecular formula is C15H17FN2O2S. The molecule has 0 fully saturated rings. The van der Waals surface area contributed by atoms with Gasteiger partial charge in [-0.05, 0) is 33.0 Å². The van der Waals surface area contributed by atoms with Crippen LogP contribution in [-0.4, -0.2) is 27.8 Å². The number of nitrogens with zero attached hydrogens (tertiary/aromatic N) is 2. The van der Waals surface area contributed by atoms with Crippen molar-refractivity contribution in [2.45, 2.75) is 26.9 Å². The maximum absolute atomic E-state index is 13.6. The number of halogens is 1. The molecule has 0 atom stereocenters. The third kappa shape index (κ3) is 3.65. The van der Waals surface area contributed by atoms with E-state index in [1.807, 2.05) is 18.9 Å². The number of phenolic OH excluding ortho intramolecular Hbond substituents is 1. The van der Waals surface area contributed by atoms with Gasteiger partial charge in [0, 0.05) is 23.5 Å². The summed E-state index contributed by atoms with van der Waals surface area (Å²) in [5.74, 6) is -1.01. The highest BCUT2D eigenvalue weighted by atomic mass is 32.1. The number of thiazole rings is 1. The van der Waals surface area contributed by atoms with Gasteiger partial charge in [-0.15, -0.1) is 11.3 Å². The number of Topliss-reactive ketones (excluding diaryl/α,β-unsaturated/α-hetero) is 1. The highest BCUT2D eigenvalue weighted by molar-refractivity contribution is 7.09. The number of hydrogen-bond donors (Lipinski definition) is 1. The van der Waals surface area contributed by atoms with Gasteiger partial charge in [-0.1, -0.05) is 0 Å². The molecule has 0 saturated carbocycles. The Hall–Kier alpha value is -1.79. The second kappa shape index (κ2) is 6.32. The normalized spacial score (nSPS) is 11.1. The van der Waals surface area contributed by atoms with Crippen molar-refractivity contribution in [2.75, 3.05) is 7.05 Å². The van der Waals surface area contributed by atoms with Crippen LogP contribution >= 0.6 is 11.3 Å². The van der Waals surface area contributed by atoms with Crippen molar-refractivity contribution >= 4 is 17.1 Å². The summed E-state index contributed by atoms with van der Waals surface area (Å²) >= 11 is 1.56. The first-order valence-electron chi connectivity index (χ1n) is 6.48. The van der Waals surface area contributed by atoms with E-state index in [0.29, 0.717) is 18.7 Å². The minimum Gasteiger partial charge on any atom is -0.507 e. The quantitative estimate of drug-likeness (QED) is 0.862. The van der Waals surface area contributed by atoms with Gasteiger partial charge in [-0.2, -0.15) is 0 Å². The van der Waals surface area contributed by atoms with Gasteiger partial charge >= 0.3 is 0 Å². The molecule has 1 aromatic carbocycles. The molecule has 0 aliphatic rings. The van der Waals surface area contributed by atoms with Crippen molar-refractivity contribution in [3.8, 4) is 5.75 Å². The third-order valence-electron chi connectivity index (χ3n) is 3.23. The zero-order valence-corrected chi connectivity index (χ0v) is 13.0. The summed E-state index contributed by atoms with van der Waals surface area (Å²) in [6.07, 6.45) is 0. The third-order valence-corrected chi connectivity index (χ3v) is 4.15. The zero-order chi connectivity index (χ0) is 15.6. The Bertz CT molecular complexity index is 670.